The van der Waals surface area contributed by atoms with Gasteiger partial charge in [-0.2, -0.15) is 0 Å². The minimum absolute atomic E-state index is 0.214. The average molecular weight is 337 g/mol. The Balaban J connectivity index is 2.33. The van der Waals surface area contributed by atoms with Gasteiger partial charge in [-0.05, 0) is 29.7 Å². The second kappa shape index (κ2) is 6.89. The predicted octanol–water partition coefficient (Wildman–Crippen LogP) is 5.27. The SMILES string of the molecule is CCCc1ccc(C(Br)c2c(F)cccc2OC)cc1. The van der Waals surface area contributed by atoms with Crippen LogP contribution in [0.15, 0.2) is 42.5 Å². The molecule has 0 aliphatic heterocycles. The maximum Gasteiger partial charge on any atom is 0.131 e. The van der Waals surface area contributed by atoms with E-state index in [0.29, 0.717) is 11.3 Å². The highest BCUT2D eigenvalue weighted by Crippen LogP contribution is 2.38. The third kappa shape index (κ3) is 3.21. The molecule has 2 aromatic carbocycles. The number of benzene rings is 2. The van der Waals surface area contributed by atoms with Gasteiger partial charge in [0, 0.05) is 5.56 Å². The lowest BCUT2D eigenvalue weighted by molar-refractivity contribution is 0.405. The number of hydrogen-bond acceptors (Lipinski definition) is 1. The summed E-state index contributed by atoms with van der Waals surface area (Å²) in [6.45, 7) is 2.16. The molecule has 0 spiro atoms. The summed E-state index contributed by atoms with van der Waals surface area (Å²) in [5.41, 5.74) is 2.86. The van der Waals surface area contributed by atoms with Gasteiger partial charge in [-0.1, -0.05) is 59.6 Å². The second-order valence-corrected chi connectivity index (χ2v) is 5.63. The molecule has 0 saturated heterocycles. The summed E-state index contributed by atoms with van der Waals surface area (Å²) in [5.74, 6) is 0.299. The Kier molecular flexibility index (Phi) is 5.18. The van der Waals surface area contributed by atoms with Crippen molar-refractivity contribution in [3.05, 3.63) is 65.0 Å². The van der Waals surface area contributed by atoms with E-state index in [1.54, 1.807) is 19.2 Å². The summed E-state index contributed by atoms with van der Waals surface area (Å²) in [5, 5.41) is 0. The maximum absolute atomic E-state index is 14.1. The Hall–Kier alpha value is -1.35. The van der Waals surface area contributed by atoms with Crippen molar-refractivity contribution in [1.29, 1.82) is 0 Å². The summed E-state index contributed by atoms with van der Waals surface area (Å²) >= 11 is 3.58. The van der Waals surface area contributed by atoms with E-state index in [1.165, 1.54) is 11.6 Å². The van der Waals surface area contributed by atoms with Gasteiger partial charge >= 0.3 is 0 Å². The van der Waals surface area contributed by atoms with Gasteiger partial charge in [-0.15, -0.1) is 0 Å². The molecule has 1 unspecified atom stereocenters. The summed E-state index contributed by atoms with van der Waals surface area (Å²) in [7, 11) is 1.56. The van der Waals surface area contributed by atoms with Gasteiger partial charge in [0.2, 0.25) is 0 Å². The lowest BCUT2D eigenvalue weighted by Crippen LogP contribution is -2.00. The first kappa shape index (κ1) is 15.0. The number of hydrogen-bond donors (Lipinski definition) is 0. The maximum atomic E-state index is 14.1. The topological polar surface area (TPSA) is 9.23 Å². The number of aryl methyl sites for hydroxylation is 1. The Morgan fingerprint density at radius 3 is 2.45 bits per heavy atom. The number of ether oxygens (including phenoxy) is 1. The van der Waals surface area contributed by atoms with Gasteiger partial charge in [0.1, 0.15) is 11.6 Å². The van der Waals surface area contributed by atoms with Gasteiger partial charge in [0.05, 0.1) is 11.9 Å². The first-order valence-corrected chi connectivity index (χ1v) is 7.64. The fourth-order valence-electron chi connectivity index (χ4n) is 2.25. The van der Waals surface area contributed by atoms with Gasteiger partial charge in [-0.3, -0.25) is 0 Å². The van der Waals surface area contributed by atoms with Crippen LogP contribution in [0.3, 0.4) is 0 Å². The Bertz CT molecular complexity index is 566. The zero-order chi connectivity index (χ0) is 14.5. The zero-order valence-corrected chi connectivity index (χ0v) is 13.3. The molecule has 1 nitrogen and oxygen atoms in total. The molecular formula is C17H18BrFO. The highest BCUT2D eigenvalue weighted by atomic mass is 79.9. The lowest BCUT2D eigenvalue weighted by atomic mass is 10.0. The highest BCUT2D eigenvalue weighted by Gasteiger charge is 2.19. The average Bonchev–Trinajstić information content (AvgIpc) is 2.47. The number of halogens is 2. The third-order valence-corrected chi connectivity index (χ3v) is 4.28. The van der Waals surface area contributed by atoms with Crippen molar-refractivity contribution in [2.24, 2.45) is 0 Å². The second-order valence-electron chi connectivity index (χ2n) is 4.71. The summed E-state index contributed by atoms with van der Waals surface area (Å²) in [6.07, 6.45) is 2.19. The molecule has 0 bridgehead atoms. The minimum atomic E-state index is -0.260. The van der Waals surface area contributed by atoms with Crippen LogP contribution in [-0.2, 0) is 6.42 Å². The van der Waals surface area contributed by atoms with Gasteiger partial charge in [0.15, 0.2) is 0 Å². The van der Waals surface area contributed by atoms with E-state index in [0.717, 1.165) is 18.4 Å². The van der Waals surface area contributed by atoms with E-state index in [-0.39, 0.29) is 10.6 Å². The first-order chi connectivity index (χ1) is 9.67. The van der Waals surface area contributed by atoms with Crippen LogP contribution in [0.25, 0.3) is 0 Å². The quantitative estimate of drug-likeness (QED) is 0.675. The van der Waals surface area contributed by atoms with Crippen molar-refractivity contribution in [2.75, 3.05) is 7.11 Å². The minimum Gasteiger partial charge on any atom is -0.496 e. The summed E-state index contributed by atoms with van der Waals surface area (Å²) in [6, 6.07) is 13.2. The Morgan fingerprint density at radius 2 is 1.85 bits per heavy atom. The van der Waals surface area contributed by atoms with Crippen molar-refractivity contribution < 1.29 is 9.13 Å². The van der Waals surface area contributed by atoms with Gasteiger partial charge < -0.3 is 4.74 Å². The molecule has 0 saturated carbocycles. The number of methoxy groups -OCH3 is 1. The fourth-order valence-corrected chi connectivity index (χ4v) is 3.00. The monoisotopic (exact) mass is 336 g/mol. The van der Waals surface area contributed by atoms with E-state index in [1.807, 2.05) is 12.1 Å². The molecule has 2 rings (SSSR count). The van der Waals surface area contributed by atoms with Crippen LogP contribution in [0.5, 0.6) is 5.75 Å². The third-order valence-electron chi connectivity index (χ3n) is 3.30. The summed E-state index contributed by atoms with van der Waals surface area (Å²) in [4.78, 5) is -0.214. The van der Waals surface area contributed by atoms with Crippen LogP contribution >= 0.6 is 15.9 Å². The van der Waals surface area contributed by atoms with E-state index >= 15 is 0 Å². The van der Waals surface area contributed by atoms with Crippen molar-refractivity contribution in [1.82, 2.24) is 0 Å². The molecule has 3 heteroatoms. The molecule has 0 aromatic heterocycles. The predicted molar refractivity (Wildman–Crippen MR) is 84.2 cm³/mol. The fraction of sp³-hybridized carbons (Fsp3) is 0.294. The van der Waals surface area contributed by atoms with Crippen LogP contribution in [0.2, 0.25) is 0 Å². The van der Waals surface area contributed by atoms with Crippen LogP contribution in [0.1, 0.15) is 34.9 Å². The molecule has 0 heterocycles. The van der Waals surface area contributed by atoms with E-state index in [9.17, 15) is 4.39 Å². The normalized spacial score (nSPS) is 12.2. The standard InChI is InChI=1S/C17H18BrFO/c1-3-5-12-8-10-13(11-9-12)17(18)16-14(19)6-4-7-15(16)20-2/h4,6-11,17H,3,5H2,1-2H3. The Labute approximate surface area is 127 Å². The molecule has 0 radical (unpaired) electrons. The number of alkyl halides is 1. The highest BCUT2D eigenvalue weighted by molar-refractivity contribution is 9.09. The van der Waals surface area contributed by atoms with E-state index in [2.05, 4.69) is 35.0 Å². The van der Waals surface area contributed by atoms with E-state index < -0.39 is 0 Å². The smallest absolute Gasteiger partial charge is 0.131 e. The first-order valence-electron chi connectivity index (χ1n) is 6.72. The van der Waals surface area contributed by atoms with Crippen LogP contribution in [0, 0.1) is 5.82 Å². The van der Waals surface area contributed by atoms with E-state index in [4.69, 9.17) is 4.74 Å². The van der Waals surface area contributed by atoms with Crippen LogP contribution in [-0.4, -0.2) is 7.11 Å². The number of rotatable bonds is 5. The van der Waals surface area contributed by atoms with Crippen LogP contribution < -0.4 is 4.74 Å². The zero-order valence-electron chi connectivity index (χ0n) is 11.7. The molecular weight excluding hydrogens is 319 g/mol. The molecule has 0 N–H and O–H groups in total. The van der Waals surface area contributed by atoms with Crippen LogP contribution in [0.4, 0.5) is 4.39 Å². The molecule has 0 amide bonds. The lowest BCUT2D eigenvalue weighted by Gasteiger charge is -2.16. The molecule has 20 heavy (non-hydrogen) atoms. The molecule has 0 aliphatic rings. The molecule has 0 fully saturated rings. The van der Waals surface area contributed by atoms with Gasteiger partial charge in [0.25, 0.3) is 0 Å². The molecule has 0 aliphatic carbocycles. The molecule has 1 atom stereocenters. The van der Waals surface area contributed by atoms with Crippen molar-refractivity contribution in [3.8, 4) is 5.75 Å². The molecule has 106 valence electrons. The Morgan fingerprint density at radius 1 is 1.15 bits per heavy atom. The van der Waals surface area contributed by atoms with Crippen molar-refractivity contribution in [2.45, 2.75) is 24.6 Å². The van der Waals surface area contributed by atoms with Gasteiger partial charge in [-0.25, -0.2) is 4.39 Å². The molecule has 2 aromatic rings. The largest absolute Gasteiger partial charge is 0.496 e. The van der Waals surface area contributed by atoms with Crippen molar-refractivity contribution in [3.63, 3.8) is 0 Å². The van der Waals surface area contributed by atoms with Crippen molar-refractivity contribution >= 4 is 15.9 Å². The summed E-state index contributed by atoms with van der Waals surface area (Å²) < 4.78 is 19.3.